The van der Waals surface area contributed by atoms with Crippen molar-refractivity contribution in [2.75, 3.05) is 31.1 Å². The topological polar surface area (TPSA) is 79.6 Å². The summed E-state index contributed by atoms with van der Waals surface area (Å²) in [4.78, 5) is 32.6. The number of amides is 1. The molecule has 2 aromatic carbocycles. The number of nitrogens with zero attached hydrogens (tertiary/aromatic N) is 4. The average molecular weight is 441 g/mol. The lowest BCUT2D eigenvalue weighted by molar-refractivity contribution is -0.384. The van der Waals surface area contributed by atoms with E-state index in [4.69, 9.17) is 4.98 Å². The molecule has 0 spiro atoms. The molecular formula is C23H28N4O3S. The van der Waals surface area contributed by atoms with Crippen LogP contribution in [0.2, 0.25) is 0 Å². The number of aromatic nitrogens is 1. The molecule has 0 aliphatic heterocycles. The molecule has 0 N–H and O–H groups in total. The third-order valence-corrected chi connectivity index (χ3v) is 6.69. The Hall–Kier alpha value is -2.84. The van der Waals surface area contributed by atoms with Crippen molar-refractivity contribution in [3.63, 3.8) is 0 Å². The fourth-order valence-electron chi connectivity index (χ4n) is 3.44. The Morgan fingerprint density at radius 2 is 1.74 bits per heavy atom. The number of nitro groups is 1. The van der Waals surface area contributed by atoms with Gasteiger partial charge >= 0.3 is 0 Å². The van der Waals surface area contributed by atoms with Crippen LogP contribution in [0.25, 0.3) is 10.2 Å². The SMILES string of the molecule is CCN(CC)CCN(C(=O)Cc1ccc([N+](=O)[O-])cc1)c1nc2c(C)c(C)ccc2s1. The van der Waals surface area contributed by atoms with Crippen molar-refractivity contribution < 1.29 is 9.72 Å². The molecule has 1 aromatic heterocycles. The van der Waals surface area contributed by atoms with Crippen molar-refractivity contribution in [3.05, 3.63) is 63.2 Å². The number of non-ortho nitro benzene ring substituents is 1. The van der Waals surface area contributed by atoms with Gasteiger partial charge in [0.2, 0.25) is 5.91 Å². The summed E-state index contributed by atoms with van der Waals surface area (Å²) in [5.41, 5.74) is 4.02. The van der Waals surface area contributed by atoms with Gasteiger partial charge in [-0.1, -0.05) is 43.4 Å². The highest BCUT2D eigenvalue weighted by Crippen LogP contribution is 2.32. The molecule has 31 heavy (non-hydrogen) atoms. The van der Waals surface area contributed by atoms with Gasteiger partial charge in [0, 0.05) is 25.2 Å². The van der Waals surface area contributed by atoms with Crippen LogP contribution in [0.4, 0.5) is 10.8 Å². The monoisotopic (exact) mass is 440 g/mol. The van der Waals surface area contributed by atoms with Gasteiger partial charge in [0.15, 0.2) is 5.13 Å². The number of benzene rings is 2. The van der Waals surface area contributed by atoms with E-state index in [9.17, 15) is 14.9 Å². The van der Waals surface area contributed by atoms with Gasteiger partial charge in [0.1, 0.15) is 0 Å². The maximum Gasteiger partial charge on any atom is 0.269 e. The molecule has 7 nitrogen and oxygen atoms in total. The first kappa shape index (κ1) is 22.8. The second-order valence-electron chi connectivity index (χ2n) is 7.52. The van der Waals surface area contributed by atoms with Crippen molar-refractivity contribution in [2.45, 2.75) is 34.1 Å². The fraction of sp³-hybridized carbons (Fsp3) is 0.391. The molecule has 3 aromatic rings. The minimum atomic E-state index is -0.437. The number of carbonyl (C=O) groups excluding carboxylic acids is 1. The molecule has 0 aliphatic carbocycles. The third-order valence-electron chi connectivity index (χ3n) is 5.64. The zero-order valence-corrected chi connectivity index (χ0v) is 19.2. The maximum atomic E-state index is 13.3. The summed E-state index contributed by atoms with van der Waals surface area (Å²) in [7, 11) is 0. The lowest BCUT2D eigenvalue weighted by Crippen LogP contribution is -2.39. The second-order valence-corrected chi connectivity index (χ2v) is 8.53. The molecule has 0 fully saturated rings. The van der Waals surface area contributed by atoms with E-state index < -0.39 is 4.92 Å². The van der Waals surface area contributed by atoms with Crippen LogP contribution in [0.3, 0.4) is 0 Å². The summed E-state index contributed by atoms with van der Waals surface area (Å²) in [5.74, 6) is -0.0607. The molecule has 164 valence electrons. The molecular weight excluding hydrogens is 412 g/mol. The Bertz CT molecular complexity index is 1070. The van der Waals surface area contributed by atoms with E-state index in [0.29, 0.717) is 11.7 Å². The van der Waals surface area contributed by atoms with Crippen LogP contribution in [0.1, 0.15) is 30.5 Å². The minimum absolute atomic E-state index is 0.0200. The molecule has 0 bridgehead atoms. The van der Waals surface area contributed by atoms with Crippen LogP contribution in [-0.2, 0) is 11.2 Å². The normalized spacial score (nSPS) is 11.3. The second kappa shape index (κ2) is 9.98. The molecule has 1 heterocycles. The molecule has 0 saturated heterocycles. The summed E-state index contributed by atoms with van der Waals surface area (Å²) in [6.45, 7) is 11.5. The number of nitro benzene ring substituents is 1. The average Bonchev–Trinajstić information content (AvgIpc) is 3.19. The van der Waals surface area contributed by atoms with Gasteiger partial charge in [-0.3, -0.25) is 19.8 Å². The number of anilines is 1. The molecule has 0 unspecified atom stereocenters. The van der Waals surface area contributed by atoms with Crippen LogP contribution in [0, 0.1) is 24.0 Å². The lowest BCUT2D eigenvalue weighted by Gasteiger charge is -2.24. The molecule has 0 radical (unpaired) electrons. The number of carbonyl (C=O) groups is 1. The Labute approximate surface area is 186 Å². The standard InChI is InChI=1S/C23H28N4O3S/c1-5-25(6-2)13-14-26(21(28)15-18-8-10-19(11-9-18)27(29)30)23-24-22-17(4)16(3)7-12-20(22)31-23/h7-12H,5-6,13-15H2,1-4H3. The summed E-state index contributed by atoms with van der Waals surface area (Å²) in [6, 6.07) is 10.3. The van der Waals surface area contributed by atoms with Crippen LogP contribution in [0.5, 0.6) is 0 Å². The molecule has 0 aliphatic rings. The quantitative estimate of drug-likeness (QED) is 0.355. The Balaban J connectivity index is 1.89. The number of rotatable bonds is 9. The van der Waals surface area contributed by atoms with Crippen molar-refractivity contribution in [1.29, 1.82) is 0 Å². The lowest BCUT2D eigenvalue weighted by atomic mass is 10.1. The number of likely N-dealkylation sites (N-methyl/N-ethyl adjacent to an activating group) is 1. The summed E-state index contributed by atoms with van der Waals surface area (Å²) in [5, 5.41) is 11.6. The Morgan fingerprint density at radius 1 is 1.06 bits per heavy atom. The highest BCUT2D eigenvalue weighted by molar-refractivity contribution is 7.22. The van der Waals surface area contributed by atoms with Gasteiger partial charge in [0.25, 0.3) is 5.69 Å². The van der Waals surface area contributed by atoms with E-state index in [1.165, 1.54) is 29.0 Å². The minimum Gasteiger partial charge on any atom is -0.302 e. The van der Waals surface area contributed by atoms with E-state index in [1.807, 2.05) is 0 Å². The number of hydrogen-bond acceptors (Lipinski definition) is 6. The third kappa shape index (κ3) is 5.26. The molecule has 0 saturated carbocycles. The van der Waals surface area contributed by atoms with E-state index in [-0.39, 0.29) is 18.0 Å². The van der Waals surface area contributed by atoms with Crippen molar-refractivity contribution >= 4 is 38.3 Å². The molecule has 3 rings (SSSR count). The predicted octanol–water partition coefficient (Wildman–Crippen LogP) is 4.74. The van der Waals surface area contributed by atoms with Crippen molar-refractivity contribution in [2.24, 2.45) is 0 Å². The summed E-state index contributed by atoms with van der Waals surface area (Å²) >= 11 is 1.53. The summed E-state index contributed by atoms with van der Waals surface area (Å²) in [6.07, 6.45) is 0.171. The molecule has 0 atom stereocenters. The van der Waals surface area contributed by atoms with E-state index >= 15 is 0 Å². The van der Waals surface area contributed by atoms with E-state index in [1.54, 1.807) is 17.0 Å². The fourth-order valence-corrected chi connectivity index (χ4v) is 4.51. The van der Waals surface area contributed by atoms with E-state index in [0.717, 1.165) is 41.0 Å². The van der Waals surface area contributed by atoms with Crippen LogP contribution < -0.4 is 4.90 Å². The van der Waals surface area contributed by atoms with Crippen molar-refractivity contribution in [3.8, 4) is 0 Å². The highest BCUT2D eigenvalue weighted by Gasteiger charge is 2.22. The number of aryl methyl sites for hydroxylation is 2. The van der Waals surface area contributed by atoms with E-state index in [2.05, 4.69) is 44.7 Å². The first-order valence-electron chi connectivity index (χ1n) is 10.5. The highest BCUT2D eigenvalue weighted by atomic mass is 32.1. The predicted molar refractivity (Wildman–Crippen MR) is 126 cm³/mol. The van der Waals surface area contributed by atoms with Crippen molar-refractivity contribution in [1.82, 2.24) is 9.88 Å². The zero-order chi connectivity index (χ0) is 22.5. The van der Waals surface area contributed by atoms with Gasteiger partial charge in [-0.2, -0.15) is 0 Å². The first-order valence-corrected chi connectivity index (χ1v) is 11.3. The number of hydrogen-bond donors (Lipinski definition) is 0. The summed E-state index contributed by atoms with van der Waals surface area (Å²) < 4.78 is 1.06. The maximum absolute atomic E-state index is 13.3. The van der Waals surface area contributed by atoms with Crippen LogP contribution >= 0.6 is 11.3 Å². The molecule has 8 heteroatoms. The van der Waals surface area contributed by atoms with Crippen LogP contribution in [0.15, 0.2) is 36.4 Å². The van der Waals surface area contributed by atoms with Gasteiger partial charge in [-0.05, 0) is 49.7 Å². The largest absolute Gasteiger partial charge is 0.302 e. The Kier molecular flexibility index (Phi) is 7.35. The first-order chi connectivity index (χ1) is 14.8. The smallest absolute Gasteiger partial charge is 0.269 e. The zero-order valence-electron chi connectivity index (χ0n) is 18.4. The van der Waals surface area contributed by atoms with Gasteiger partial charge in [0.05, 0.1) is 21.6 Å². The van der Waals surface area contributed by atoms with Gasteiger partial charge in [-0.25, -0.2) is 4.98 Å². The molecule has 1 amide bonds. The number of fused-ring (bicyclic) bond motifs is 1. The van der Waals surface area contributed by atoms with Crippen LogP contribution in [-0.4, -0.2) is 46.9 Å². The van der Waals surface area contributed by atoms with Gasteiger partial charge in [-0.15, -0.1) is 0 Å². The van der Waals surface area contributed by atoms with Gasteiger partial charge < -0.3 is 4.90 Å². The Morgan fingerprint density at radius 3 is 2.35 bits per heavy atom. The number of thiazole rings is 1.